The Morgan fingerprint density at radius 3 is 2.80 bits per heavy atom. The molecule has 0 saturated carbocycles. The minimum atomic E-state index is 0.593. The summed E-state index contributed by atoms with van der Waals surface area (Å²) in [5.41, 5.74) is 4.31. The van der Waals surface area contributed by atoms with Crippen LogP contribution in [0.15, 0.2) is 18.2 Å². The summed E-state index contributed by atoms with van der Waals surface area (Å²) in [5, 5.41) is 3.63. The van der Waals surface area contributed by atoms with Crippen LogP contribution in [0.4, 0.5) is 0 Å². The third kappa shape index (κ3) is 2.07. The third-order valence-electron chi connectivity index (χ3n) is 3.64. The number of nitrogens with one attached hydrogen (secondary N) is 1. The molecule has 1 N–H and O–H groups in total. The average Bonchev–Trinajstić information content (AvgIpc) is 2.65. The van der Waals surface area contributed by atoms with E-state index in [0.717, 1.165) is 5.92 Å². The molecule has 0 radical (unpaired) electrons. The van der Waals surface area contributed by atoms with Crippen molar-refractivity contribution in [2.45, 2.75) is 39.7 Å². The van der Waals surface area contributed by atoms with Crippen molar-refractivity contribution in [1.82, 2.24) is 5.32 Å². The fraction of sp³-hybridized carbons (Fsp3) is 0.571. The van der Waals surface area contributed by atoms with Crippen LogP contribution in [0, 0.1) is 19.8 Å². The molecular formula is C14H21N. The van der Waals surface area contributed by atoms with Crippen LogP contribution in [0.2, 0.25) is 0 Å². The lowest BCUT2D eigenvalue weighted by atomic mass is 9.89. The van der Waals surface area contributed by atoms with Gasteiger partial charge in [-0.25, -0.2) is 0 Å². The van der Waals surface area contributed by atoms with Gasteiger partial charge in [0.25, 0.3) is 0 Å². The van der Waals surface area contributed by atoms with Gasteiger partial charge in [0.15, 0.2) is 0 Å². The third-order valence-corrected chi connectivity index (χ3v) is 3.64. The molecule has 1 aromatic carbocycles. The maximum atomic E-state index is 3.63. The van der Waals surface area contributed by atoms with Crippen LogP contribution < -0.4 is 5.32 Å². The molecule has 1 nitrogen and oxygen atoms in total. The predicted molar refractivity (Wildman–Crippen MR) is 65.1 cm³/mol. The molecule has 82 valence electrons. The first-order valence-electron chi connectivity index (χ1n) is 6.03. The summed E-state index contributed by atoms with van der Waals surface area (Å²) in [6, 6.07) is 7.42. The van der Waals surface area contributed by atoms with E-state index in [9.17, 15) is 0 Å². The molecule has 1 aliphatic heterocycles. The largest absolute Gasteiger partial charge is 0.310 e. The van der Waals surface area contributed by atoms with E-state index in [1.807, 2.05) is 0 Å². The molecule has 0 unspecified atom stereocenters. The molecule has 1 fully saturated rings. The highest BCUT2D eigenvalue weighted by Gasteiger charge is 2.27. The molecule has 15 heavy (non-hydrogen) atoms. The van der Waals surface area contributed by atoms with Crippen molar-refractivity contribution in [3.05, 3.63) is 34.9 Å². The smallest absolute Gasteiger partial charge is 0.0351 e. The van der Waals surface area contributed by atoms with E-state index in [0.29, 0.717) is 6.04 Å². The zero-order chi connectivity index (χ0) is 10.8. The van der Waals surface area contributed by atoms with Crippen LogP contribution >= 0.6 is 0 Å². The molecule has 0 spiro atoms. The summed E-state index contributed by atoms with van der Waals surface area (Å²) in [6.45, 7) is 7.87. The Morgan fingerprint density at radius 2 is 2.13 bits per heavy atom. The lowest BCUT2D eigenvalue weighted by molar-refractivity contribution is 0.448. The molecule has 1 aliphatic rings. The summed E-state index contributed by atoms with van der Waals surface area (Å²) in [5.74, 6) is 0.825. The molecule has 2 rings (SSSR count). The first-order chi connectivity index (χ1) is 7.22. The van der Waals surface area contributed by atoms with Crippen molar-refractivity contribution in [2.24, 2.45) is 5.92 Å². The summed E-state index contributed by atoms with van der Waals surface area (Å²) in [7, 11) is 0. The van der Waals surface area contributed by atoms with Gasteiger partial charge < -0.3 is 5.32 Å². The maximum absolute atomic E-state index is 3.63. The molecular weight excluding hydrogens is 182 g/mol. The van der Waals surface area contributed by atoms with Gasteiger partial charge >= 0.3 is 0 Å². The molecule has 0 aliphatic carbocycles. The van der Waals surface area contributed by atoms with Crippen LogP contribution in [0.5, 0.6) is 0 Å². The van der Waals surface area contributed by atoms with E-state index < -0.39 is 0 Å². The van der Waals surface area contributed by atoms with Crippen molar-refractivity contribution in [1.29, 1.82) is 0 Å². The van der Waals surface area contributed by atoms with Crippen LogP contribution in [0.25, 0.3) is 0 Å². The van der Waals surface area contributed by atoms with Gasteiger partial charge in [-0.2, -0.15) is 0 Å². The van der Waals surface area contributed by atoms with Gasteiger partial charge in [0.05, 0.1) is 0 Å². The summed E-state index contributed by atoms with van der Waals surface area (Å²) in [4.78, 5) is 0. The van der Waals surface area contributed by atoms with E-state index in [-0.39, 0.29) is 0 Å². The van der Waals surface area contributed by atoms with Crippen LogP contribution in [-0.2, 0) is 0 Å². The Hall–Kier alpha value is -0.820. The highest BCUT2D eigenvalue weighted by atomic mass is 15.0. The van der Waals surface area contributed by atoms with Crippen molar-refractivity contribution in [3.63, 3.8) is 0 Å². The standard InChI is InChI=1S/C14H21N/c1-4-12-7-8-15-14(12)13-6-5-10(2)9-11(13)3/h5-6,9,12,14-15H,4,7-8H2,1-3H3/t12-,14-/m1/s1. The van der Waals surface area contributed by atoms with Crippen molar-refractivity contribution < 1.29 is 0 Å². The van der Waals surface area contributed by atoms with Crippen LogP contribution in [-0.4, -0.2) is 6.54 Å². The first-order valence-corrected chi connectivity index (χ1v) is 6.03. The maximum Gasteiger partial charge on any atom is 0.0351 e. The SMILES string of the molecule is CC[C@@H]1CCN[C@H]1c1ccc(C)cc1C. The van der Waals surface area contributed by atoms with E-state index in [1.54, 1.807) is 0 Å². The average molecular weight is 203 g/mol. The minimum Gasteiger partial charge on any atom is -0.310 e. The predicted octanol–water partition coefficient (Wildman–Crippen LogP) is 3.36. The molecule has 1 heteroatoms. The molecule has 0 bridgehead atoms. The second-order valence-corrected chi connectivity index (χ2v) is 4.75. The lowest BCUT2D eigenvalue weighted by Gasteiger charge is -2.20. The quantitative estimate of drug-likeness (QED) is 0.777. The molecule has 1 saturated heterocycles. The summed E-state index contributed by atoms with van der Waals surface area (Å²) in [6.07, 6.45) is 2.61. The van der Waals surface area contributed by atoms with Crippen LogP contribution in [0.3, 0.4) is 0 Å². The fourth-order valence-corrected chi connectivity index (χ4v) is 2.74. The second-order valence-electron chi connectivity index (χ2n) is 4.75. The Labute approximate surface area is 92.9 Å². The molecule has 0 amide bonds. The van der Waals surface area contributed by atoms with Gasteiger partial charge in [-0.05, 0) is 43.9 Å². The van der Waals surface area contributed by atoms with Crippen molar-refractivity contribution >= 4 is 0 Å². The Morgan fingerprint density at radius 1 is 1.33 bits per heavy atom. The zero-order valence-electron chi connectivity index (χ0n) is 10.0. The fourth-order valence-electron chi connectivity index (χ4n) is 2.74. The van der Waals surface area contributed by atoms with E-state index in [2.05, 4.69) is 44.3 Å². The van der Waals surface area contributed by atoms with Crippen molar-refractivity contribution in [2.75, 3.05) is 6.54 Å². The summed E-state index contributed by atoms with van der Waals surface area (Å²) < 4.78 is 0. The Bertz CT molecular complexity index is 343. The molecule has 1 aromatic rings. The van der Waals surface area contributed by atoms with E-state index >= 15 is 0 Å². The number of rotatable bonds is 2. The van der Waals surface area contributed by atoms with E-state index in [1.165, 1.54) is 36.1 Å². The van der Waals surface area contributed by atoms with Gasteiger partial charge in [0, 0.05) is 6.04 Å². The lowest BCUT2D eigenvalue weighted by Crippen LogP contribution is -2.18. The van der Waals surface area contributed by atoms with Gasteiger partial charge in [-0.3, -0.25) is 0 Å². The van der Waals surface area contributed by atoms with Gasteiger partial charge in [-0.1, -0.05) is 37.1 Å². The van der Waals surface area contributed by atoms with Crippen molar-refractivity contribution in [3.8, 4) is 0 Å². The molecule has 1 heterocycles. The van der Waals surface area contributed by atoms with Gasteiger partial charge in [0.1, 0.15) is 0 Å². The Balaban J connectivity index is 2.28. The highest BCUT2D eigenvalue weighted by molar-refractivity contribution is 5.33. The monoisotopic (exact) mass is 203 g/mol. The van der Waals surface area contributed by atoms with Crippen LogP contribution in [0.1, 0.15) is 42.5 Å². The van der Waals surface area contributed by atoms with Gasteiger partial charge in [-0.15, -0.1) is 0 Å². The molecule has 0 aromatic heterocycles. The van der Waals surface area contributed by atoms with Gasteiger partial charge in [0.2, 0.25) is 0 Å². The first kappa shape index (κ1) is 10.7. The number of hydrogen-bond donors (Lipinski definition) is 1. The minimum absolute atomic E-state index is 0.593. The second kappa shape index (κ2) is 4.36. The summed E-state index contributed by atoms with van der Waals surface area (Å²) >= 11 is 0. The highest BCUT2D eigenvalue weighted by Crippen LogP contribution is 2.33. The number of benzene rings is 1. The number of aryl methyl sites for hydroxylation is 2. The van der Waals surface area contributed by atoms with E-state index in [4.69, 9.17) is 0 Å². The zero-order valence-corrected chi connectivity index (χ0v) is 10.0. The normalized spacial score (nSPS) is 25.8. The number of hydrogen-bond acceptors (Lipinski definition) is 1. The molecule has 2 atom stereocenters. The Kier molecular flexibility index (Phi) is 3.11. The topological polar surface area (TPSA) is 12.0 Å².